The third-order valence-corrected chi connectivity index (χ3v) is 2.43. The van der Waals surface area contributed by atoms with Crippen molar-refractivity contribution in [1.82, 2.24) is 0 Å². The van der Waals surface area contributed by atoms with Crippen LogP contribution in [0, 0.1) is 3.57 Å². The van der Waals surface area contributed by atoms with Gasteiger partial charge in [0.15, 0.2) is 0 Å². The second kappa shape index (κ2) is 4.82. The molecule has 0 saturated carbocycles. The SMILES string of the molecule is O=C(Cl)CCc1ccc(I)cc1. The summed E-state index contributed by atoms with van der Waals surface area (Å²) in [5.74, 6) is 0. The predicted molar refractivity (Wildman–Crippen MR) is 58.3 cm³/mol. The molecule has 0 aliphatic rings. The first-order valence-electron chi connectivity index (χ1n) is 3.61. The van der Waals surface area contributed by atoms with E-state index in [0.29, 0.717) is 6.42 Å². The minimum atomic E-state index is -0.270. The van der Waals surface area contributed by atoms with Gasteiger partial charge in [-0.25, -0.2) is 0 Å². The van der Waals surface area contributed by atoms with E-state index in [9.17, 15) is 4.79 Å². The van der Waals surface area contributed by atoms with Gasteiger partial charge in [-0.15, -0.1) is 0 Å². The van der Waals surface area contributed by atoms with Crippen molar-refractivity contribution >= 4 is 39.4 Å². The number of rotatable bonds is 3. The van der Waals surface area contributed by atoms with Crippen LogP contribution in [0.2, 0.25) is 0 Å². The summed E-state index contributed by atoms with van der Waals surface area (Å²) >= 11 is 7.46. The van der Waals surface area contributed by atoms with Crippen LogP contribution in [0.3, 0.4) is 0 Å². The zero-order valence-corrected chi connectivity index (χ0v) is 9.30. The Bertz CT molecular complexity index is 268. The first-order valence-corrected chi connectivity index (χ1v) is 5.07. The van der Waals surface area contributed by atoms with E-state index in [1.54, 1.807) is 0 Å². The minimum Gasteiger partial charge on any atom is -0.281 e. The lowest BCUT2D eigenvalue weighted by atomic mass is 10.1. The molecule has 0 amide bonds. The predicted octanol–water partition coefficient (Wildman–Crippen LogP) is 2.99. The van der Waals surface area contributed by atoms with E-state index in [1.165, 1.54) is 3.57 Å². The molecule has 0 unspecified atom stereocenters. The van der Waals surface area contributed by atoms with E-state index in [1.807, 2.05) is 24.3 Å². The summed E-state index contributed by atoms with van der Waals surface area (Å²) in [6.45, 7) is 0. The molecule has 0 aliphatic carbocycles. The molecule has 12 heavy (non-hydrogen) atoms. The standard InChI is InChI=1S/C9H8ClIO/c10-9(12)6-3-7-1-4-8(11)5-2-7/h1-2,4-5H,3,6H2. The van der Waals surface area contributed by atoms with Crippen molar-refractivity contribution in [1.29, 1.82) is 0 Å². The number of benzene rings is 1. The third-order valence-electron chi connectivity index (χ3n) is 1.52. The van der Waals surface area contributed by atoms with Crippen molar-refractivity contribution in [3.05, 3.63) is 33.4 Å². The van der Waals surface area contributed by atoms with E-state index >= 15 is 0 Å². The van der Waals surface area contributed by atoms with Gasteiger partial charge in [-0.2, -0.15) is 0 Å². The largest absolute Gasteiger partial charge is 0.281 e. The highest BCUT2D eigenvalue weighted by Gasteiger charge is 1.97. The lowest BCUT2D eigenvalue weighted by Crippen LogP contribution is -1.91. The highest BCUT2D eigenvalue weighted by Crippen LogP contribution is 2.09. The van der Waals surface area contributed by atoms with Crippen LogP contribution in [-0.2, 0) is 11.2 Å². The average Bonchev–Trinajstić information content (AvgIpc) is 2.03. The van der Waals surface area contributed by atoms with Crippen molar-refractivity contribution in [2.75, 3.05) is 0 Å². The Labute approximate surface area is 90.3 Å². The van der Waals surface area contributed by atoms with Crippen LogP contribution in [-0.4, -0.2) is 5.24 Å². The summed E-state index contributed by atoms with van der Waals surface area (Å²) in [4.78, 5) is 10.4. The Morgan fingerprint density at radius 1 is 1.33 bits per heavy atom. The van der Waals surface area contributed by atoms with Gasteiger partial charge in [0.05, 0.1) is 0 Å². The zero-order valence-electron chi connectivity index (χ0n) is 6.39. The topological polar surface area (TPSA) is 17.1 Å². The quantitative estimate of drug-likeness (QED) is 0.619. The maximum Gasteiger partial charge on any atom is 0.221 e. The molecule has 0 saturated heterocycles. The number of aryl methyl sites for hydroxylation is 1. The molecule has 0 heterocycles. The number of hydrogen-bond donors (Lipinski definition) is 0. The van der Waals surface area contributed by atoms with Gasteiger partial charge in [-0.1, -0.05) is 12.1 Å². The second-order valence-corrected chi connectivity index (χ2v) is 4.15. The third kappa shape index (κ3) is 3.54. The van der Waals surface area contributed by atoms with Crippen LogP contribution in [0.5, 0.6) is 0 Å². The molecule has 64 valence electrons. The van der Waals surface area contributed by atoms with E-state index in [-0.39, 0.29) is 5.24 Å². The lowest BCUT2D eigenvalue weighted by molar-refractivity contribution is -0.111. The van der Waals surface area contributed by atoms with Crippen LogP contribution in [0.25, 0.3) is 0 Å². The molecule has 0 radical (unpaired) electrons. The molecule has 0 fully saturated rings. The molecular formula is C9H8ClIO. The van der Waals surface area contributed by atoms with E-state index < -0.39 is 0 Å². The summed E-state index contributed by atoms with van der Waals surface area (Å²) < 4.78 is 1.20. The molecule has 0 spiro atoms. The fourth-order valence-electron chi connectivity index (χ4n) is 0.894. The fraction of sp³-hybridized carbons (Fsp3) is 0.222. The highest BCUT2D eigenvalue weighted by atomic mass is 127. The smallest absolute Gasteiger partial charge is 0.221 e. The van der Waals surface area contributed by atoms with Crippen molar-refractivity contribution in [2.45, 2.75) is 12.8 Å². The summed E-state index contributed by atoms with van der Waals surface area (Å²) in [6, 6.07) is 8.08. The maximum absolute atomic E-state index is 10.4. The van der Waals surface area contributed by atoms with Gasteiger partial charge < -0.3 is 0 Å². The van der Waals surface area contributed by atoms with Gasteiger partial charge >= 0.3 is 0 Å². The van der Waals surface area contributed by atoms with E-state index in [4.69, 9.17) is 11.6 Å². The minimum absolute atomic E-state index is 0.270. The summed E-state index contributed by atoms with van der Waals surface area (Å²) in [6.07, 6.45) is 1.15. The first-order chi connectivity index (χ1) is 5.68. The van der Waals surface area contributed by atoms with Gasteiger partial charge in [0.25, 0.3) is 0 Å². The number of carbonyl (C=O) groups is 1. The Hall–Kier alpha value is -0.0900. The monoisotopic (exact) mass is 294 g/mol. The average molecular weight is 295 g/mol. The maximum atomic E-state index is 10.4. The van der Waals surface area contributed by atoms with Gasteiger partial charge in [0.1, 0.15) is 0 Å². The number of hydrogen-bond acceptors (Lipinski definition) is 1. The lowest BCUT2D eigenvalue weighted by Gasteiger charge is -1.97. The van der Waals surface area contributed by atoms with Gasteiger partial charge in [0, 0.05) is 9.99 Å². The Morgan fingerprint density at radius 2 is 1.92 bits per heavy atom. The van der Waals surface area contributed by atoms with Crippen molar-refractivity contribution in [3.8, 4) is 0 Å². The Kier molecular flexibility index (Phi) is 4.01. The van der Waals surface area contributed by atoms with Crippen molar-refractivity contribution in [3.63, 3.8) is 0 Å². The fourth-order valence-corrected chi connectivity index (χ4v) is 1.35. The first kappa shape index (κ1) is 9.99. The molecule has 3 heteroatoms. The van der Waals surface area contributed by atoms with Gasteiger partial charge in [-0.05, 0) is 58.3 Å². The molecule has 0 atom stereocenters. The van der Waals surface area contributed by atoms with Crippen LogP contribution < -0.4 is 0 Å². The van der Waals surface area contributed by atoms with Gasteiger partial charge in [-0.3, -0.25) is 4.79 Å². The normalized spacial score (nSPS) is 9.83. The molecule has 1 rings (SSSR count). The molecule has 0 bridgehead atoms. The molecule has 1 aromatic carbocycles. The van der Waals surface area contributed by atoms with E-state index in [0.717, 1.165) is 12.0 Å². The highest BCUT2D eigenvalue weighted by molar-refractivity contribution is 14.1. The number of halogens is 2. The van der Waals surface area contributed by atoms with Crippen molar-refractivity contribution < 1.29 is 4.79 Å². The number of carbonyl (C=O) groups excluding carboxylic acids is 1. The molecule has 0 aliphatic heterocycles. The van der Waals surface area contributed by atoms with Crippen LogP contribution in [0.4, 0.5) is 0 Å². The summed E-state index contributed by atoms with van der Waals surface area (Å²) in [5, 5.41) is -0.270. The Balaban J connectivity index is 2.53. The van der Waals surface area contributed by atoms with E-state index in [2.05, 4.69) is 22.6 Å². The van der Waals surface area contributed by atoms with Crippen LogP contribution >= 0.6 is 34.2 Å². The molecule has 1 aromatic rings. The zero-order chi connectivity index (χ0) is 8.97. The van der Waals surface area contributed by atoms with Crippen LogP contribution in [0.1, 0.15) is 12.0 Å². The molecular weight excluding hydrogens is 286 g/mol. The van der Waals surface area contributed by atoms with Gasteiger partial charge in [0.2, 0.25) is 5.24 Å². The summed E-state index contributed by atoms with van der Waals surface area (Å²) in [7, 11) is 0. The second-order valence-electron chi connectivity index (χ2n) is 2.48. The molecule has 0 N–H and O–H groups in total. The summed E-state index contributed by atoms with van der Waals surface area (Å²) in [5.41, 5.74) is 1.16. The molecule has 0 aromatic heterocycles. The molecule has 1 nitrogen and oxygen atoms in total. The van der Waals surface area contributed by atoms with Crippen LogP contribution in [0.15, 0.2) is 24.3 Å². The Morgan fingerprint density at radius 3 is 2.42 bits per heavy atom. The van der Waals surface area contributed by atoms with Crippen molar-refractivity contribution in [2.24, 2.45) is 0 Å².